The van der Waals surface area contributed by atoms with Crippen LogP contribution in [-0.2, 0) is 22.7 Å². The molecule has 0 spiro atoms. The van der Waals surface area contributed by atoms with E-state index in [9.17, 15) is 4.79 Å². The molecule has 1 N–H and O–H groups in total. The van der Waals surface area contributed by atoms with E-state index in [-0.39, 0.29) is 6.42 Å². The monoisotopic (exact) mass is 251 g/mol. The van der Waals surface area contributed by atoms with Crippen molar-refractivity contribution in [2.24, 2.45) is 0 Å². The standard InChI is InChI=1S/C14H21NO3/c1-15(9-5-8-14(16)17)10-12-6-3-4-7-13(12)11-18-2/h3-4,6-7H,5,8-11H2,1-2H3,(H,16,17). The van der Waals surface area contributed by atoms with E-state index in [1.807, 2.05) is 19.2 Å². The average Bonchev–Trinajstić information content (AvgIpc) is 2.31. The zero-order chi connectivity index (χ0) is 13.4. The summed E-state index contributed by atoms with van der Waals surface area (Å²) in [4.78, 5) is 12.6. The van der Waals surface area contributed by atoms with Gasteiger partial charge in [0, 0.05) is 20.1 Å². The van der Waals surface area contributed by atoms with Crippen LogP contribution in [-0.4, -0.2) is 36.7 Å². The molecule has 100 valence electrons. The third kappa shape index (κ3) is 5.29. The normalized spacial score (nSPS) is 10.8. The van der Waals surface area contributed by atoms with Gasteiger partial charge in [0.25, 0.3) is 0 Å². The summed E-state index contributed by atoms with van der Waals surface area (Å²) in [5.41, 5.74) is 2.42. The molecule has 0 radical (unpaired) electrons. The minimum atomic E-state index is -0.733. The van der Waals surface area contributed by atoms with Crippen LogP contribution < -0.4 is 0 Å². The van der Waals surface area contributed by atoms with Crippen molar-refractivity contribution in [3.63, 3.8) is 0 Å². The van der Waals surface area contributed by atoms with Crippen LogP contribution in [0, 0.1) is 0 Å². The number of nitrogens with zero attached hydrogens (tertiary/aromatic N) is 1. The Balaban J connectivity index is 2.47. The van der Waals surface area contributed by atoms with E-state index in [2.05, 4.69) is 17.0 Å². The van der Waals surface area contributed by atoms with E-state index in [1.165, 1.54) is 11.1 Å². The second-order valence-corrected chi connectivity index (χ2v) is 4.44. The highest BCUT2D eigenvalue weighted by atomic mass is 16.5. The third-order valence-corrected chi connectivity index (χ3v) is 2.79. The Labute approximate surface area is 108 Å². The Morgan fingerprint density at radius 1 is 1.33 bits per heavy atom. The van der Waals surface area contributed by atoms with Crippen LogP contribution in [0.15, 0.2) is 24.3 Å². The van der Waals surface area contributed by atoms with E-state index in [1.54, 1.807) is 7.11 Å². The summed E-state index contributed by atoms with van der Waals surface area (Å²) in [6.45, 7) is 2.21. The van der Waals surface area contributed by atoms with Crippen LogP contribution in [0.5, 0.6) is 0 Å². The maximum absolute atomic E-state index is 10.4. The van der Waals surface area contributed by atoms with Crippen molar-refractivity contribution in [1.29, 1.82) is 0 Å². The number of aliphatic carboxylic acids is 1. The average molecular weight is 251 g/mol. The molecule has 0 fully saturated rings. The summed E-state index contributed by atoms with van der Waals surface area (Å²) in [6.07, 6.45) is 0.905. The lowest BCUT2D eigenvalue weighted by Crippen LogP contribution is -2.20. The molecule has 0 unspecified atom stereocenters. The van der Waals surface area contributed by atoms with Crippen molar-refractivity contribution in [2.45, 2.75) is 26.0 Å². The van der Waals surface area contributed by atoms with Crippen LogP contribution in [0.4, 0.5) is 0 Å². The quantitative estimate of drug-likeness (QED) is 0.769. The Bertz CT molecular complexity index is 379. The lowest BCUT2D eigenvalue weighted by Gasteiger charge is -2.18. The van der Waals surface area contributed by atoms with Crippen molar-refractivity contribution < 1.29 is 14.6 Å². The Hall–Kier alpha value is -1.39. The first-order chi connectivity index (χ1) is 8.63. The highest BCUT2D eigenvalue weighted by Crippen LogP contribution is 2.12. The van der Waals surface area contributed by atoms with Gasteiger partial charge in [-0.1, -0.05) is 24.3 Å². The predicted octanol–water partition coefficient (Wildman–Crippen LogP) is 2.13. The van der Waals surface area contributed by atoms with Gasteiger partial charge in [-0.2, -0.15) is 0 Å². The highest BCUT2D eigenvalue weighted by molar-refractivity contribution is 5.66. The minimum Gasteiger partial charge on any atom is -0.481 e. The topological polar surface area (TPSA) is 49.8 Å². The molecule has 0 aliphatic heterocycles. The van der Waals surface area contributed by atoms with Gasteiger partial charge in [0.2, 0.25) is 0 Å². The van der Waals surface area contributed by atoms with Crippen molar-refractivity contribution in [2.75, 3.05) is 20.7 Å². The molecule has 18 heavy (non-hydrogen) atoms. The Morgan fingerprint density at radius 2 is 2.00 bits per heavy atom. The van der Waals surface area contributed by atoms with E-state index in [0.717, 1.165) is 13.1 Å². The summed E-state index contributed by atoms with van der Waals surface area (Å²) >= 11 is 0. The van der Waals surface area contributed by atoms with Crippen LogP contribution in [0.2, 0.25) is 0 Å². The molecule has 0 saturated heterocycles. The number of benzene rings is 1. The molecule has 0 saturated carbocycles. The van der Waals surface area contributed by atoms with Gasteiger partial charge in [-0.05, 0) is 31.1 Å². The molecule has 0 aromatic heterocycles. The number of methoxy groups -OCH3 is 1. The fourth-order valence-electron chi connectivity index (χ4n) is 1.88. The van der Waals surface area contributed by atoms with Crippen molar-refractivity contribution in [3.05, 3.63) is 35.4 Å². The molecule has 1 aromatic carbocycles. The van der Waals surface area contributed by atoms with Crippen molar-refractivity contribution >= 4 is 5.97 Å². The van der Waals surface area contributed by atoms with Crippen LogP contribution in [0.3, 0.4) is 0 Å². The molecular weight excluding hydrogens is 230 g/mol. The summed E-state index contributed by atoms with van der Waals surface area (Å²) in [5, 5.41) is 8.60. The van der Waals surface area contributed by atoms with Gasteiger partial charge in [-0.3, -0.25) is 4.79 Å². The first-order valence-corrected chi connectivity index (χ1v) is 6.09. The summed E-state index contributed by atoms with van der Waals surface area (Å²) in [6, 6.07) is 8.16. The fourth-order valence-corrected chi connectivity index (χ4v) is 1.88. The zero-order valence-corrected chi connectivity index (χ0v) is 11.1. The van der Waals surface area contributed by atoms with E-state index in [4.69, 9.17) is 9.84 Å². The molecule has 0 aliphatic rings. The number of carboxylic acids is 1. The molecule has 0 bridgehead atoms. The maximum atomic E-state index is 10.4. The van der Waals surface area contributed by atoms with Gasteiger partial charge in [0.1, 0.15) is 0 Å². The molecule has 0 aliphatic carbocycles. The second-order valence-electron chi connectivity index (χ2n) is 4.44. The molecular formula is C14H21NO3. The molecule has 4 nitrogen and oxygen atoms in total. The number of hydrogen-bond acceptors (Lipinski definition) is 3. The van der Waals surface area contributed by atoms with E-state index >= 15 is 0 Å². The minimum absolute atomic E-state index is 0.226. The Kier molecular flexibility index (Phi) is 6.39. The first kappa shape index (κ1) is 14.7. The smallest absolute Gasteiger partial charge is 0.303 e. The molecule has 1 rings (SSSR count). The number of carboxylic acid groups (broad SMARTS) is 1. The van der Waals surface area contributed by atoms with Crippen LogP contribution in [0.25, 0.3) is 0 Å². The first-order valence-electron chi connectivity index (χ1n) is 6.09. The van der Waals surface area contributed by atoms with Gasteiger partial charge < -0.3 is 14.7 Å². The van der Waals surface area contributed by atoms with Crippen LogP contribution >= 0.6 is 0 Å². The molecule has 0 amide bonds. The number of carbonyl (C=O) groups is 1. The van der Waals surface area contributed by atoms with Gasteiger partial charge in [0.05, 0.1) is 6.61 Å². The predicted molar refractivity (Wildman–Crippen MR) is 70.4 cm³/mol. The summed E-state index contributed by atoms with van der Waals surface area (Å²) < 4.78 is 5.17. The van der Waals surface area contributed by atoms with Gasteiger partial charge in [0.15, 0.2) is 0 Å². The molecule has 4 heteroatoms. The van der Waals surface area contributed by atoms with Crippen molar-refractivity contribution in [1.82, 2.24) is 4.90 Å². The lowest BCUT2D eigenvalue weighted by molar-refractivity contribution is -0.137. The van der Waals surface area contributed by atoms with Gasteiger partial charge in [-0.25, -0.2) is 0 Å². The zero-order valence-electron chi connectivity index (χ0n) is 11.1. The Morgan fingerprint density at radius 3 is 2.61 bits per heavy atom. The number of ether oxygens (including phenoxy) is 1. The third-order valence-electron chi connectivity index (χ3n) is 2.79. The van der Waals surface area contributed by atoms with E-state index in [0.29, 0.717) is 13.0 Å². The molecule has 1 aromatic rings. The highest BCUT2D eigenvalue weighted by Gasteiger charge is 2.06. The van der Waals surface area contributed by atoms with E-state index < -0.39 is 5.97 Å². The number of hydrogen-bond donors (Lipinski definition) is 1. The molecule has 0 heterocycles. The fraction of sp³-hybridized carbons (Fsp3) is 0.500. The lowest BCUT2D eigenvalue weighted by atomic mass is 10.1. The maximum Gasteiger partial charge on any atom is 0.303 e. The number of rotatable bonds is 8. The second kappa shape index (κ2) is 7.84. The SMILES string of the molecule is COCc1ccccc1CN(C)CCCC(=O)O. The van der Waals surface area contributed by atoms with Gasteiger partial charge >= 0.3 is 5.97 Å². The van der Waals surface area contributed by atoms with Gasteiger partial charge in [-0.15, -0.1) is 0 Å². The summed E-state index contributed by atoms with van der Waals surface area (Å²) in [5.74, 6) is -0.733. The largest absolute Gasteiger partial charge is 0.481 e. The summed E-state index contributed by atoms with van der Waals surface area (Å²) in [7, 11) is 3.69. The molecule has 0 atom stereocenters. The van der Waals surface area contributed by atoms with Crippen molar-refractivity contribution in [3.8, 4) is 0 Å². The van der Waals surface area contributed by atoms with Crippen LogP contribution in [0.1, 0.15) is 24.0 Å².